The Morgan fingerprint density at radius 1 is 1.25 bits per heavy atom. The number of nitrogens with two attached hydrogens (primary N) is 1. The van der Waals surface area contributed by atoms with Gasteiger partial charge in [0.15, 0.2) is 5.69 Å². The zero-order valence-corrected chi connectivity index (χ0v) is 16.1. The topological polar surface area (TPSA) is 64.2 Å². The molecule has 0 saturated carbocycles. The molecule has 1 aromatic carbocycles. The molecular weight excluding hydrogens is 400 g/mol. The molecule has 1 aliphatic rings. The predicted molar refractivity (Wildman–Crippen MR) is 98.0 cm³/mol. The average molecular weight is 421 g/mol. The molecule has 1 aliphatic heterocycles. The summed E-state index contributed by atoms with van der Waals surface area (Å²) in [6, 6.07) is 4.29. The highest BCUT2D eigenvalue weighted by atomic mass is 35.5. The molecule has 1 atom stereocenters. The Labute approximate surface area is 165 Å². The van der Waals surface area contributed by atoms with Crippen LogP contribution in [0.2, 0.25) is 0 Å². The van der Waals surface area contributed by atoms with Gasteiger partial charge in [0.2, 0.25) is 0 Å². The van der Waals surface area contributed by atoms with Crippen molar-refractivity contribution in [1.29, 1.82) is 0 Å². The van der Waals surface area contributed by atoms with Crippen molar-refractivity contribution in [3.63, 3.8) is 0 Å². The van der Waals surface area contributed by atoms with E-state index in [2.05, 4.69) is 5.10 Å². The van der Waals surface area contributed by atoms with E-state index >= 15 is 0 Å². The molecule has 1 aromatic heterocycles. The van der Waals surface area contributed by atoms with Gasteiger partial charge < -0.3 is 10.6 Å². The van der Waals surface area contributed by atoms with E-state index < -0.39 is 34.6 Å². The third-order valence-corrected chi connectivity index (χ3v) is 4.94. The van der Waals surface area contributed by atoms with Gasteiger partial charge in [0.1, 0.15) is 5.82 Å². The normalized spacial score (nSPS) is 19.2. The van der Waals surface area contributed by atoms with Crippen LogP contribution in [0.3, 0.4) is 0 Å². The SMILES string of the molecule is CC1(C)CN(C(=O)c2cnn(-c3ccc(F)cc3)c2C(F)(F)F)CCC1N.Cl. The van der Waals surface area contributed by atoms with Crippen LogP contribution in [0.4, 0.5) is 17.6 Å². The van der Waals surface area contributed by atoms with Crippen molar-refractivity contribution in [2.24, 2.45) is 11.1 Å². The van der Waals surface area contributed by atoms with Gasteiger partial charge in [0.05, 0.1) is 17.4 Å². The fraction of sp³-hybridized carbons (Fsp3) is 0.444. The molecule has 28 heavy (non-hydrogen) atoms. The lowest BCUT2D eigenvalue weighted by Crippen LogP contribution is -2.54. The summed E-state index contributed by atoms with van der Waals surface area (Å²) < 4.78 is 54.9. The summed E-state index contributed by atoms with van der Waals surface area (Å²) in [5.74, 6) is -1.32. The summed E-state index contributed by atoms with van der Waals surface area (Å²) in [5, 5.41) is 3.75. The number of aromatic nitrogens is 2. The van der Waals surface area contributed by atoms with E-state index in [1.165, 1.54) is 17.0 Å². The number of hydrogen-bond donors (Lipinski definition) is 1. The number of carbonyl (C=O) groups is 1. The summed E-state index contributed by atoms with van der Waals surface area (Å²) in [4.78, 5) is 14.2. The Bertz CT molecular complexity index is 848. The zero-order chi connectivity index (χ0) is 20.0. The van der Waals surface area contributed by atoms with Crippen LogP contribution in [0.25, 0.3) is 5.69 Å². The van der Waals surface area contributed by atoms with E-state index in [0.29, 0.717) is 11.1 Å². The predicted octanol–water partition coefficient (Wildman–Crippen LogP) is 3.65. The van der Waals surface area contributed by atoms with Crippen molar-refractivity contribution in [1.82, 2.24) is 14.7 Å². The quantitative estimate of drug-likeness (QED) is 0.754. The van der Waals surface area contributed by atoms with E-state index in [1.54, 1.807) is 0 Å². The maximum absolute atomic E-state index is 13.7. The molecule has 10 heteroatoms. The highest BCUT2D eigenvalue weighted by Gasteiger charge is 2.43. The lowest BCUT2D eigenvalue weighted by Gasteiger charge is -2.42. The van der Waals surface area contributed by atoms with E-state index in [-0.39, 0.29) is 37.2 Å². The lowest BCUT2D eigenvalue weighted by molar-refractivity contribution is -0.143. The number of hydrogen-bond acceptors (Lipinski definition) is 3. The number of nitrogens with zero attached hydrogens (tertiary/aromatic N) is 3. The second-order valence-corrected chi connectivity index (χ2v) is 7.40. The van der Waals surface area contributed by atoms with Crippen molar-refractivity contribution >= 4 is 18.3 Å². The van der Waals surface area contributed by atoms with E-state index in [0.717, 1.165) is 18.3 Å². The minimum Gasteiger partial charge on any atom is -0.338 e. The fourth-order valence-electron chi connectivity index (χ4n) is 3.27. The lowest BCUT2D eigenvalue weighted by atomic mass is 9.79. The molecular formula is C18H21ClF4N4O. The van der Waals surface area contributed by atoms with Crippen molar-refractivity contribution in [2.45, 2.75) is 32.5 Å². The van der Waals surface area contributed by atoms with Gasteiger partial charge in [0.25, 0.3) is 5.91 Å². The van der Waals surface area contributed by atoms with Crippen molar-refractivity contribution in [3.05, 3.63) is 47.5 Å². The summed E-state index contributed by atoms with van der Waals surface area (Å²) in [7, 11) is 0. The molecule has 2 N–H and O–H groups in total. The third kappa shape index (κ3) is 4.15. The molecule has 1 fully saturated rings. The number of benzene rings is 1. The summed E-state index contributed by atoms with van der Waals surface area (Å²) in [5.41, 5.74) is 3.95. The summed E-state index contributed by atoms with van der Waals surface area (Å²) in [6.45, 7) is 4.29. The average Bonchev–Trinajstić information content (AvgIpc) is 3.02. The number of halogens is 5. The maximum atomic E-state index is 13.7. The number of piperidine rings is 1. The molecule has 0 spiro atoms. The number of likely N-dealkylation sites (tertiary alicyclic amines) is 1. The van der Waals surface area contributed by atoms with Crippen LogP contribution < -0.4 is 5.73 Å². The van der Waals surface area contributed by atoms with Crippen molar-refractivity contribution in [3.8, 4) is 5.69 Å². The third-order valence-electron chi connectivity index (χ3n) is 4.94. The molecule has 5 nitrogen and oxygen atoms in total. The first-order chi connectivity index (χ1) is 12.5. The van der Waals surface area contributed by atoms with E-state index in [9.17, 15) is 22.4 Å². The van der Waals surface area contributed by atoms with Gasteiger partial charge in [0, 0.05) is 19.1 Å². The highest BCUT2D eigenvalue weighted by Crippen LogP contribution is 2.35. The first-order valence-electron chi connectivity index (χ1n) is 8.47. The van der Waals surface area contributed by atoms with Crippen LogP contribution in [0.15, 0.2) is 30.5 Å². The highest BCUT2D eigenvalue weighted by molar-refractivity contribution is 5.95. The number of alkyl halides is 3. The van der Waals surface area contributed by atoms with Crippen LogP contribution >= 0.6 is 12.4 Å². The van der Waals surface area contributed by atoms with Gasteiger partial charge in [-0.05, 0) is 36.1 Å². The Kier molecular flexibility index (Phi) is 6.10. The van der Waals surface area contributed by atoms with E-state index in [4.69, 9.17) is 5.73 Å². The van der Waals surface area contributed by atoms with Gasteiger partial charge in [-0.15, -0.1) is 12.4 Å². The van der Waals surface area contributed by atoms with Gasteiger partial charge in [-0.1, -0.05) is 13.8 Å². The second kappa shape index (κ2) is 7.71. The van der Waals surface area contributed by atoms with Crippen LogP contribution in [0.1, 0.15) is 36.3 Å². The Balaban J connectivity index is 0.00000280. The number of rotatable bonds is 2. The molecule has 3 rings (SSSR count). The number of amides is 1. The molecule has 0 radical (unpaired) electrons. The maximum Gasteiger partial charge on any atom is 0.434 e. The van der Waals surface area contributed by atoms with Gasteiger partial charge >= 0.3 is 6.18 Å². The van der Waals surface area contributed by atoms with Gasteiger partial charge in [-0.2, -0.15) is 18.3 Å². The minimum atomic E-state index is -4.81. The van der Waals surface area contributed by atoms with Crippen LogP contribution in [0.5, 0.6) is 0 Å². The first kappa shape index (κ1) is 22.2. The smallest absolute Gasteiger partial charge is 0.338 e. The Hall–Kier alpha value is -2.13. The zero-order valence-electron chi connectivity index (χ0n) is 15.3. The fourth-order valence-corrected chi connectivity index (χ4v) is 3.27. The van der Waals surface area contributed by atoms with Crippen LogP contribution in [-0.2, 0) is 6.18 Å². The molecule has 2 heterocycles. The molecule has 1 unspecified atom stereocenters. The van der Waals surface area contributed by atoms with Crippen molar-refractivity contribution < 1.29 is 22.4 Å². The Morgan fingerprint density at radius 2 is 1.86 bits per heavy atom. The molecule has 0 aliphatic carbocycles. The molecule has 2 aromatic rings. The molecule has 1 saturated heterocycles. The molecule has 0 bridgehead atoms. The molecule has 1 amide bonds. The van der Waals surface area contributed by atoms with Crippen LogP contribution in [-0.4, -0.2) is 39.7 Å². The van der Waals surface area contributed by atoms with Crippen molar-refractivity contribution in [2.75, 3.05) is 13.1 Å². The Morgan fingerprint density at radius 3 is 2.39 bits per heavy atom. The molecule has 154 valence electrons. The second-order valence-electron chi connectivity index (χ2n) is 7.40. The van der Waals surface area contributed by atoms with E-state index in [1.807, 2.05) is 13.8 Å². The largest absolute Gasteiger partial charge is 0.434 e. The van der Waals surface area contributed by atoms with Gasteiger partial charge in [-0.3, -0.25) is 4.79 Å². The van der Waals surface area contributed by atoms with Crippen LogP contribution in [0, 0.1) is 11.2 Å². The first-order valence-corrected chi connectivity index (χ1v) is 8.47. The summed E-state index contributed by atoms with van der Waals surface area (Å²) >= 11 is 0. The standard InChI is InChI=1S/C18H20F4N4O.ClH/c1-17(2)10-25(8-7-14(17)23)16(27)13-9-24-26(15(13)18(20,21)22)12-5-3-11(19)4-6-12;/h3-6,9,14H,7-8,10,23H2,1-2H3;1H. The summed E-state index contributed by atoms with van der Waals surface area (Å²) in [6.07, 6.45) is -3.39. The monoisotopic (exact) mass is 420 g/mol. The van der Waals surface area contributed by atoms with Gasteiger partial charge in [-0.25, -0.2) is 9.07 Å². The minimum absolute atomic E-state index is 0. The number of carbonyl (C=O) groups excluding carboxylic acids is 1.